The predicted octanol–water partition coefficient (Wildman–Crippen LogP) is 4.99. The highest BCUT2D eigenvalue weighted by Gasteiger charge is 2.28. The summed E-state index contributed by atoms with van der Waals surface area (Å²) in [6.45, 7) is 8.63. The molecular weight excluding hydrogens is 517 g/mol. The Balaban J connectivity index is 1.98. The number of hydrogen-bond donors (Lipinski definition) is 1. The van der Waals surface area contributed by atoms with Gasteiger partial charge in [-0.3, -0.25) is 9.36 Å². The molecule has 39 heavy (non-hydrogen) atoms. The zero-order valence-electron chi connectivity index (χ0n) is 22.1. The highest BCUT2D eigenvalue weighted by Crippen LogP contribution is 2.37. The number of nitrogens with one attached hydrogen (secondary N) is 1. The van der Waals surface area contributed by atoms with Crippen LogP contribution in [0.1, 0.15) is 50.1 Å². The number of nitrogens with zero attached hydrogens (tertiary/aromatic N) is 6. The van der Waals surface area contributed by atoms with Crippen LogP contribution in [-0.4, -0.2) is 45.7 Å². The molecule has 1 N–H and O–H groups in total. The van der Waals surface area contributed by atoms with Gasteiger partial charge in [-0.05, 0) is 30.5 Å². The third-order valence-corrected chi connectivity index (χ3v) is 7.22. The lowest BCUT2D eigenvalue weighted by molar-refractivity contribution is 0.589. The highest BCUT2D eigenvalue weighted by atomic mass is 35.5. The summed E-state index contributed by atoms with van der Waals surface area (Å²) in [4.78, 5) is 30.2. The molecule has 0 atom stereocenters. The minimum absolute atomic E-state index is 0.00177. The highest BCUT2D eigenvalue weighted by molar-refractivity contribution is 6.34. The monoisotopic (exact) mass is 545 g/mol. The van der Waals surface area contributed by atoms with Crippen molar-refractivity contribution in [3.8, 4) is 23.0 Å². The molecule has 4 aromatic rings. The molecule has 1 aromatic carbocycles. The van der Waals surface area contributed by atoms with Crippen molar-refractivity contribution >= 4 is 28.3 Å². The molecule has 3 aromatic heterocycles. The molecule has 0 amide bonds. The lowest BCUT2D eigenvalue weighted by Crippen LogP contribution is -2.44. The average molecular weight is 546 g/mol. The molecule has 1 fully saturated rings. The van der Waals surface area contributed by atoms with E-state index in [-0.39, 0.29) is 33.4 Å². The fourth-order valence-electron chi connectivity index (χ4n) is 5.15. The van der Waals surface area contributed by atoms with Gasteiger partial charge in [-0.25, -0.2) is 19.3 Å². The van der Waals surface area contributed by atoms with Gasteiger partial charge in [0.05, 0.1) is 33.5 Å². The van der Waals surface area contributed by atoms with E-state index in [2.05, 4.69) is 21.4 Å². The maximum atomic E-state index is 14.9. The SMILES string of the molecule is CCCc1ncnc(C(C)C)c1-n1c(=O)c(C#N)c(N2CCNCC2)c2cc(Cl)c(-c3ccccc3F)nc21. The van der Waals surface area contributed by atoms with Crippen molar-refractivity contribution in [1.82, 2.24) is 24.8 Å². The van der Waals surface area contributed by atoms with Crippen LogP contribution >= 0.6 is 11.6 Å². The van der Waals surface area contributed by atoms with Crippen LogP contribution in [0.2, 0.25) is 5.02 Å². The molecule has 1 saturated heterocycles. The lowest BCUT2D eigenvalue weighted by atomic mass is 10.0. The predicted molar refractivity (Wildman–Crippen MR) is 151 cm³/mol. The van der Waals surface area contributed by atoms with Crippen LogP contribution in [0, 0.1) is 17.1 Å². The van der Waals surface area contributed by atoms with Crippen LogP contribution in [0.4, 0.5) is 10.1 Å². The Kier molecular flexibility index (Phi) is 7.60. The van der Waals surface area contributed by atoms with E-state index in [1.54, 1.807) is 24.3 Å². The van der Waals surface area contributed by atoms with Gasteiger partial charge in [-0.2, -0.15) is 5.26 Å². The molecular formula is C29H29ClFN7O. The van der Waals surface area contributed by atoms with E-state index >= 15 is 0 Å². The number of hydrogen-bond acceptors (Lipinski definition) is 7. The van der Waals surface area contributed by atoms with Crippen LogP contribution < -0.4 is 15.8 Å². The number of rotatable bonds is 6. The maximum Gasteiger partial charge on any atom is 0.276 e. The molecule has 0 spiro atoms. The van der Waals surface area contributed by atoms with E-state index in [0.29, 0.717) is 60.7 Å². The van der Waals surface area contributed by atoms with Gasteiger partial charge in [0, 0.05) is 37.1 Å². The Morgan fingerprint density at radius 1 is 1.18 bits per heavy atom. The largest absolute Gasteiger partial charge is 0.367 e. The second-order valence-electron chi connectivity index (χ2n) is 9.84. The standard InChI is InChI=1S/C29H29ClFN7O/c1-4-7-23-27(24(17(2)3)35-16-34-23)38-28-19(14-21(30)25(36-28)18-8-5-6-9-22(18)31)26(20(15-32)29(38)39)37-12-10-33-11-13-37/h5-6,8-9,14,16-17,33H,4,7,10-13H2,1-3H3. The Morgan fingerprint density at radius 3 is 2.59 bits per heavy atom. The van der Waals surface area contributed by atoms with E-state index in [4.69, 9.17) is 16.6 Å². The topological polar surface area (TPSA) is 99.7 Å². The number of fused-ring (bicyclic) bond motifs is 1. The van der Waals surface area contributed by atoms with Gasteiger partial charge in [-0.15, -0.1) is 0 Å². The fraction of sp³-hybridized carbons (Fsp3) is 0.345. The lowest BCUT2D eigenvalue weighted by Gasteiger charge is -2.31. The van der Waals surface area contributed by atoms with E-state index < -0.39 is 11.4 Å². The number of aromatic nitrogens is 4. The molecule has 0 bridgehead atoms. The minimum atomic E-state index is -0.512. The summed E-state index contributed by atoms with van der Waals surface area (Å²) in [7, 11) is 0. The van der Waals surface area contributed by atoms with E-state index in [9.17, 15) is 14.4 Å². The second-order valence-corrected chi connectivity index (χ2v) is 10.2. The third kappa shape index (κ3) is 4.75. The molecule has 4 heterocycles. The number of benzene rings is 1. The quantitative estimate of drug-likeness (QED) is 0.364. The fourth-order valence-corrected chi connectivity index (χ4v) is 5.40. The number of aryl methyl sites for hydroxylation is 1. The summed E-state index contributed by atoms with van der Waals surface area (Å²) in [5.41, 5.74) is 2.56. The van der Waals surface area contributed by atoms with Crippen molar-refractivity contribution in [1.29, 1.82) is 5.26 Å². The van der Waals surface area contributed by atoms with Gasteiger partial charge in [0.25, 0.3) is 5.56 Å². The molecule has 0 aliphatic carbocycles. The summed E-state index contributed by atoms with van der Waals surface area (Å²) in [6, 6.07) is 10.1. The molecule has 1 aliphatic heterocycles. The average Bonchev–Trinajstić information content (AvgIpc) is 2.93. The smallest absolute Gasteiger partial charge is 0.276 e. The Morgan fingerprint density at radius 2 is 1.92 bits per heavy atom. The minimum Gasteiger partial charge on any atom is -0.367 e. The van der Waals surface area contributed by atoms with Crippen molar-refractivity contribution in [2.45, 2.75) is 39.5 Å². The van der Waals surface area contributed by atoms with Gasteiger partial charge in [0.15, 0.2) is 0 Å². The third-order valence-electron chi connectivity index (χ3n) is 6.93. The van der Waals surface area contributed by atoms with Crippen LogP contribution in [-0.2, 0) is 6.42 Å². The first-order valence-electron chi connectivity index (χ1n) is 13.1. The summed E-state index contributed by atoms with van der Waals surface area (Å²) < 4.78 is 16.4. The number of pyridine rings is 2. The second kappa shape index (κ2) is 11.1. The summed E-state index contributed by atoms with van der Waals surface area (Å²) in [5, 5.41) is 14.4. The van der Waals surface area contributed by atoms with Crippen LogP contribution in [0.5, 0.6) is 0 Å². The van der Waals surface area contributed by atoms with Gasteiger partial charge < -0.3 is 10.2 Å². The maximum absolute atomic E-state index is 14.9. The number of piperazine rings is 1. The first-order chi connectivity index (χ1) is 18.9. The van der Waals surface area contributed by atoms with Crippen molar-refractivity contribution in [2.24, 2.45) is 0 Å². The summed E-state index contributed by atoms with van der Waals surface area (Å²) in [5.74, 6) is -0.522. The molecule has 200 valence electrons. The zero-order valence-corrected chi connectivity index (χ0v) is 22.9. The van der Waals surface area contributed by atoms with Crippen molar-refractivity contribution < 1.29 is 4.39 Å². The van der Waals surface area contributed by atoms with Gasteiger partial charge in [0.2, 0.25) is 0 Å². The van der Waals surface area contributed by atoms with Gasteiger partial charge in [-0.1, -0.05) is 50.9 Å². The molecule has 0 radical (unpaired) electrons. The summed E-state index contributed by atoms with van der Waals surface area (Å²) >= 11 is 6.76. The Hall–Kier alpha value is -3.87. The normalized spacial score (nSPS) is 13.7. The van der Waals surface area contributed by atoms with E-state index in [1.165, 1.54) is 17.0 Å². The molecule has 10 heteroatoms. The number of anilines is 1. The van der Waals surface area contributed by atoms with E-state index in [0.717, 1.165) is 6.42 Å². The molecule has 5 rings (SSSR count). The number of halogens is 2. The first-order valence-corrected chi connectivity index (χ1v) is 13.5. The van der Waals surface area contributed by atoms with Crippen LogP contribution in [0.15, 0.2) is 41.5 Å². The van der Waals surface area contributed by atoms with Crippen molar-refractivity contribution in [2.75, 3.05) is 31.1 Å². The Bertz CT molecular complexity index is 1650. The van der Waals surface area contributed by atoms with Crippen molar-refractivity contribution in [3.05, 3.63) is 74.8 Å². The Labute approximate surface area is 231 Å². The molecule has 0 saturated carbocycles. The van der Waals surface area contributed by atoms with Crippen LogP contribution in [0.3, 0.4) is 0 Å². The number of nitriles is 1. The molecule has 1 aliphatic rings. The molecule has 8 nitrogen and oxygen atoms in total. The van der Waals surface area contributed by atoms with Gasteiger partial charge in [0.1, 0.15) is 29.4 Å². The van der Waals surface area contributed by atoms with Crippen LogP contribution in [0.25, 0.3) is 28.0 Å². The molecule has 0 unspecified atom stereocenters. The summed E-state index contributed by atoms with van der Waals surface area (Å²) in [6.07, 6.45) is 2.89. The van der Waals surface area contributed by atoms with Gasteiger partial charge >= 0.3 is 0 Å². The van der Waals surface area contributed by atoms with E-state index in [1.807, 2.05) is 25.7 Å². The zero-order chi connectivity index (χ0) is 27.7. The van der Waals surface area contributed by atoms with Crippen molar-refractivity contribution in [3.63, 3.8) is 0 Å². The first kappa shape index (κ1) is 26.7.